The maximum atomic E-state index is 14.6. The summed E-state index contributed by atoms with van der Waals surface area (Å²) in [5.74, 6) is -1.96. The predicted molar refractivity (Wildman–Crippen MR) is 111 cm³/mol. The molecule has 166 valence electrons. The van der Waals surface area contributed by atoms with E-state index >= 15 is 0 Å². The topological polar surface area (TPSA) is 39.8 Å². The van der Waals surface area contributed by atoms with Crippen LogP contribution < -0.4 is 0 Å². The lowest BCUT2D eigenvalue weighted by molar-refractivity contribution is -0.137. The molecule has 4 aromatic rings. The number of halogens is 6. The zero-order chi connectivity index (χ0) is 23.2. The van der Waals surface area contributed by atoms with Gasteiger partial charge in [-0.15, -0.1) is 7.77 Å². The molecule has 2 aromatic heterocycles. The van der Waals surface area contributed by atoms with E-state index in [1.54, 1.807) is 0 Å². The zero-order valence-corrected chi connectivity index (χ0v) is 17.6. The van der Waals surface area contributed by atoms with Crippen LogP contribution >= 0.6 is 24.7 Å². The highest BCUT2D eigenvalue weighted by molar-refractivity contribution is 7.93. The van der Waals surface area contributed by atoms with E-state index in [4.69, 9.17) is 0 Å². The average molecular weight is 487 g/mol. The van der Waals surface area contributed by atoms with Gasteiger partial charge >= 0.3 is 6.18 Å². The third kappa shape index (κ3) is 3.66. The fourth-order valence-electron chi connectivity index (χ4n) is 3.30. The molecule has 0 atom stereocenters. The van der Waals surface area contributed by atoms with Crippen molar-refractivity contribution in [1.82, 2.24) is 12.9 Å². The van der Waals surface area contributed by atoms with Crippen LogP contribution in [0.25, 0.3) is 22.6 Å². The van der Waals surface area contributed by atoms with Gasteiger partial charge in [0.25, 0.3) is 0 Å². The van der Waals surface area contributed by atoms with E-state index in [1.807, 2.05) is 0 Å². The Morgan fingerprint density at radius 3 is 2.44 bits per heavy atom. The van der Waals surface area contributed by atoms with Crippen molar-refractivity contribution in [1.29, 1.82) is 0 Å². The maximum Gasteiger partial charge on any atom is 0.417 e. The first-order valence-electron chi connectivity index (χ1n) is 8.86. The summed E-state index contributed by atoms with van der Waals surface area (Å²) in [7, 11) is 0. The zero-order valence-electron chi connectivity index (χ0n) is 16.0. The van der Waals surface area contributed by atoms with Gasteiger partial charge in [-0.2, -0.15) is 13.2 Å². The van der Waals surface area contributed by atoms with E-state index in [0.29, 0.717) is 0 Å². The molecule has 0 aliphatic heterocycles. The molecule has 0 saturated heterocycles. The summed E-state index contributed by atoms with van der Waals surface area (Å²) in [6, 6.07) is 8.16. The number of carbonyl (C=O) groups excluding carboxylic acids is 1. The van der Waals surface area contributed by atoms with Crippen LogP contribution in [0.4, 0.5) is 25.3 Å². The summed E-state index contributed by atoms with van der Waals surface area (Å²) in [5, 5.41) is 0. The first-order valence-corrected chi connectivity index (χ1v) is 10.2. The van der Waals surface area contributed by atoms with Gasteiger partial charge in [0.2, 0.25) is 0 Å². The number of carbonyl (C=O) groups is 1. The van der Waals surface area contributed by atoms with Gasteiger partial charge in [0.1, 0.15) is 5.52 Å². The van der Waals surface area contributed by atoms with Crippen LogP contribution in [-0.2, 0) is 6.18 Å². The molecule has 0 bridgehead atoms. The van der Waals surface area contributed by atoms with Crippen molar-refractivity contribution in [2.24, 2.45) is 0 Å². The van der Waals surface area contributed by atoms with Gasteiger partial charge in [-0.3, -0.25) is 8.77 Å². The number of nitrogens with zero attached hydrogens (tertiary/aromatic N) is 3. The summed E-state index contributed by atoms with van der Waals surface area (Å²) in [4.78, 5) is 17.0. The minimum Gasteiger partial charge on any atom is -0.289 e. The normalized spacial score (nSPS) is 12.0. The van der Waals surface area contributed by atoms with Crippen molar-refractivity contribution in [3.63, 3.8) is 0 Å². The standard InChI is InChI=1S/C20H11F6N3OS2/c1-10-6-7-14-17(16(10)21)29(32-26)19(27-14)15-8-11(9-28(15)31-25)18(30)12-4-2-3-5-13(12)20(22,23)24/h2-9H,1H3. The minimum atomic E-state index is -4.78. The molecule has 2 heterocycles. The van der Waals surface area contributed by atoms with Gasteiger partial charge in [-0.05, 0) is 30.7 Å². The van der Waals surface area contributed by atoms with Gasteiger partial charge in [0.15, 0.2) is 42.1 Å². The molecular formula is C20H11F6N3OS2. The molecule has 0 N–H and O–H groups in total. The van der Waals surface area contributed by atoms with Crippen LogP contribution in [0.5, 0.6) is 0 Å². The SMILES string of the molecule is Cc1ccc2nc(-c3cc(C(=O)c4ccccc4C(F)(F)F)cn3SF)n(SF)c2c1F. The summed E-state index contributed by atoms with van der Waals surface area (Å²) >= 11 is -0.743. The lowest BCUT2D eigenvalue weighted by Gasteiger charge is -2.10. The van der Waals surface area contributed by atoms with Crippen LogP contribution in [0.15, 0.2) is 48.7 Å². The lowest BCUT2D eigenvalue weighted by Crippen LogP contribution is -2.13. The van der Waals surface area contributed by atoms with Crippen LogP contribution in [0.2, 0.25) is 0 Å². The number of rotatable bonds is 5. The molecule has 0 unspecified atom stereocenters. The Morgan fingerprint density at radius 1 is 1.06 bits per heavy atom. The molecule has 0 aliphatic carbocycles. The smallest absolute Gasteiger partial charge is 0.289 e. The van der Waals surface area contributed by atoms with Crippen molar-refractivity contribution in [3.05, 3.63) is 76.7 Å². The fraction of sp³-hybridized carbons (Fsp3) is 0.100. The molecule has 0 spiro atoms. The summed E-state index contributed by atoms with van der Waals surface area (Å²) in [5.41, 5.74) is -2.04. The number of hydrogen-bond acceptors (Lipinski definition) is 4. The van der Waals surface area contributed by atoms with E-state index in [9.17, 15) is 30.1 Å². The number of benzene rings is 2. The molecule has 0 amide bonds. The van der Waals surface area contributed by atoms with Gasteiger partial charge in [-0.25, -0.2) is 13.3 Å². The largest absolute Gasteiger partial charge is 0.417 e. The fourth-order valence-corrected chi connectivity index (χ4v) is 4.11. The lowest BCUT2D eigenvalue weighted by atomic mass is 9.99. The first-order chi connectivity index (χ1) is 15.2. The molecule has 0 aliphatic rings. The van der Waals surface area contributed by atoms with Crippen molar-refractivity contribution in [2.75, 3.05) is 0 Å². The van der Waals surface area contributed by atoms with E-state index < -0.39 is 28.9 Å². The number of aryl methyl sites for hydroxylation is 1. The molecule has 0 fully saturated rings. The highest BCUT2D eigenvalue weighted by atomic mass is 32.2. The predicted octanol–water partition coefficient (Wildman–Crippen LogP) is 6.96. The maximum absolute atomic E-state index is 14.6. The number of alkyl halides is 3. The third-order valence-electron chi connectivity index (χ3n) is 4.81. The molecule has 4 rings (SSSR count). The number of imidazole rings is 1. The Morgan fingerprint density at radius 2 is 1.78 bits per heavy atom. The van der Waals surface area contributed by atoms with Gasteiger partial charge in [-0.1, -0.05) is 24.3 Å². The summed E-state index contributed by atoms with van der Waals surface area (Å²) < 4.78 is 83.5. The number of hydrogen-bond donors (Lipinski definition) is 0. The van der Waals surface area contributed by atoms with Gasteiger partial charge in [0, 0.05) is 17.3 Å². The highest BCUT2D eigenvalue weighted by Gasteiger charge is 2.35. The second-order valence-corrected chi connectivity index (χ2v) is 7.78. The van der Waals surface area contributed by atoms with E-state index in [1.165, 1.54) is 25.1 Å². The Labute approximate surface area is 186 Å². The van der Waals surface area contributed by atoms with E-state index in [0.717, 1.165) is 38.4 Å². The van der Waals surface area contributed by atoms with Gasteiger partial charge in [0.05, 0.1) is 16.8 Å². The van der Waals surface area contributed by atoms with Crippen LogP contribution in [-0.4, -0.2) is 18.7 Å². The number of fused-ring (bicyclic) bond motifs is 1. The third-order valence-corrected chi connectivity index (χ3v) is 5.75. The highest BCUT2D eigenvalue weighted by Crippen LogP contribution is 2.37. The average Bonchev–Trinajstić information content (AvgIpc) is 3.36. The Balaban J connectivity index is 1.88. The molecule has 2 aromatic carbocycles. The number of ketones is 1. The second kappa shape index (κ2) is 8.24. The molecule has 32 heavy (non-hydrogen) atoms. The Hall–Kier alpha value is -2.86. The van der Waals surface area contributed by atoms with Crippen molar-refractivity contribution in [3.8, 4) is 11.5 Å². The molecule has 4 nitrogen and oxygen atoms in total. The summed E-state index contributed by atoms with van der Waals surface area (Å²) in [6.07, 6.45) is -3.80. The van der Waals surface area contributed by atoms with Crippen molar-refractivity contribution >= 4 is 41.5 Å². The second-order valence-electron chi connectivity index (χ2n) is 6.74. The van der Waals surface area contributed by atoms with E-state index in [2.05, 4.69) is 4.98 Å². The number of aromatic nitrogens is 3. The van der Waals surface area contributed by atoms with Crippen molar-refractivity contribution in [2.45, 2.75) is 13.1 Å². The Bertz CT molecular complexity index is 1350. The van der Waals surface area contributed by atoms with Crippen molar-refractivity contribution < 1.29 is 30.1 Å². The monoisotopic (exact) mass is 487 g/mol. The Kier molecular flexibility index (Phi) is 5.76. The van der Waals surface area contributed by atoms with Crippen LogP contribution in [0.3, 0.4) is 0 Å². The molecule has 0 saturated carbocycles. The van der Waals surface area contributed by atoms with Gasteiger partial charge < -0.3 is 0 Å². The van der Waals surface area contributed by atoms with E-state index in [-0.39, 0.29) is 58.3 Å². The van der Waals surface area contributed by atoms with Crippen LogP contribution in [0.1, 0.15) is 27.0 Å². The minimum absolute atomic E-state index is 0.0835. The first kappa shape index (κ1) is 22.3. The summed E-state index contributed by atoms with van der Waals surface area (Å²) in [6.45, 7) is 1.48. The van der Waals surface area contributed by atoms with Crippen LogP contribution in [0, 0.1) is 12.7 Å². The molecular weight excluding hydrogens is 476 g/mol. The molecule has 0 radical (unpaired) electrons. The molecule has 12 heteroatoms. The quantitative estimate of drug-likeness (QED) is 0.225.